The van der Waals surface area contributed by atoms with Gasteiger partial charge in [-0.3, -0.25) is 0 Å². The molecule has 0 amide bonds. The summed E-state index contributed by atoms with van der Waals surface area (Å²) in [6.07, 6.45) is 10.2. The predicted molar refractivity (Wildman–Crippen MR) is 80.8 cm³/mol. The molecule has 1 nitrogen and oxygen atoms in total. The van der Waals surface area contributed by atoms with Gasteiger partial charge < -0.3 is 4.43 Å². The van der Waals surface area contributed by atoms with Crippen LogP contribution in [0.3, 0.4) is 0 Å². The molecule has 0 aliphatic rings. The summed E-state index contributed by atoms with van der Waals surface area (Å²) in [6, 6.07) is 0. The first kappa shape index (κ1) is 17.2. The molecule has 0 aliphatic carbocycles. The van der Waals surface area contributed by atoms with Gasteiger partial charge in [0.15, 0.2) is 8.32 Å². The van der Waals surface area contributed by atoms with E-state index in [1.54, 1.807) is 0 Å². The Hall–Kier alpha value is 0.177. The van der Waals surface area contributed by atoms with E-state index in [2.05, 4.69) is 47.2 Å². The van der Waals surface area contributed by atoms with E-state index in [9.17, 15) is 0 Å². The van der Waals surface area contributed by atoms with Gasteiger partial charge in [-0.1, -0.05) is 53.4 Å². The lowest BCUT2D eigenvalue weighted by molar-refractivity contribution is 0.281. The summed E-state index contributed by atoms with van der Waals surface area (Å²) in [5, 5.41) is 0.345. The normalized spacial score (nSPS) is 13.1. The molecule has 0 rings (SSSR count). The fourth-order valence-electron chi connectivity index (χ4n) is 1.45. The van der Waals surface area contributed by atoms with Crippen molar-refractivity contribution >= 4 is 8.32 Å². The van der Waals surface area contributed by atoms with E-state index in [1.807, 2.05) is 0 Å². The van der Waals surface area contributed by atoms with Gasteiger partial charge in [0.1, 0.15) is 0 Å². The third-order valence-electron chi connectivity index (χ3n) is 3.83. The highest BCUT2D eigenvalue weighted by molar-refractivity contribution is 6.74. The topological polar surface area (TPSA) is 9.23 Å². The summed E-state index contributed by atoms with van der Waals surface area (Å²) < 4.78 is 6.14. The highest BCUT2D eigenvalue weighted by Crippen LogP contribution is 2.36. The molecule has 0 bridgehead atoms. The monoisotopic (exact) mass is 257 g/mol. The van der Waals surface area contributed by atoms with Gasteiger partial charge in [-0.2, -0.15) is 0 Å². The van der Waals surface area contributed by atoms with Gasteiger partial charge in [0.05, 0.1) is 0 Å². The number of hydrogen-bond acceptors (Lipinski definition) is 1. The SMILES string of the molecule is CCCCC[CH]CCCO[Si](C)(C)C(C)(C)C. The first-order valence-corrected chi connectivity index (χ1v) is 10.2. The van der Waals surface area contributed by atoms with Gasteiger partial charge >= 0.3 is 0 Å². The first-order valence-electron chi connectivity index (χ1n) is 7.27. The summed E-state index contributed by atoms with van der Waals surface area (Å²) in [5.41, 5.74) is 0. The molecular weight excluding hydrogens is 224 g/mol. The molecule has 0 saturated carbocycles. The minimum atomic E-state index is -1.50. The molecular formula is C15H33OSi. The smallest absolute Gasteiger partial charge is 0.191 e. The molecule has 0 aliphatic heterocycles. The predicted octanol–water partition coefficient (Wildman–Crippen LogP) is 5.57. The lowest BCUT2D eigenvalue weighted by Crippen LogP contribution is -2.40. The molecule has 0 saturated heterocycles. The van der Waals surface area contributed by atoms with Crippen LogP contribution in [-0.2, 0) is 4.43 Å². The van der Waals surface area contributed by atoms with E-state index in [0.29, 0.717) is 5.04 Å². The molecule has 0 spiro atoms. The maximum absolute atomic E-state index is 6.14. The molecule has 2 heteroatoms. The second-order valence-electron chi connectivity index (χ2n) is 6.54. The van der Waals surface area contributed by atoms with Crippen LogP contribution in [0.5, 0.6) is 0 Å². The van der Waals surface area contributed by atoms with Crippen molar-refractivity contribution in [1.82, 2.24) is 0 Å². The summed E-state index contributed by atoms with van der Waals surface area (Å²) in [4.78, 5) is 0. The quantitative estimate of drug-likeness (QED) is 0.387. The Balaban J connectivity index is 3.46. The van der Waals surface area contributed by atoms with Crippen molar-refractivity contribution in [2.24, 2.45) is 0 Å². The summed E-state index contributed by atoms with van der Waals surface area (Å²) in [7, 11) is -1.50. The zero-order chi connectivity index (χ0) is 13.4. The van der Waals surface area contributed by atoms with Crippen molar-refractivity contribution in [3.63, 3.8) is 0 Å². The van der Waals surface area contributed by atoms with Crippen molar-refractivity contribution < 1.29 is 4.43 Å². The van der Waals surface area contributed by atoms with E-state index in [4.69, 9.17) is 4.43 Å². The maximum Gasteiger partial charge on any atom is 0.191 e. The number of unbranched alkanes of at least 4 members (excludes halogenated alkanes) is 6. The molecule has 0 N–H and O–H groups in total. The van der Waals surface area contributed by atoms with E-state index in [-0.39, 0.29) is 0 Å². The van der Waals surface area contributed by atoms with Crippen LogP contribution in [0, 0.1) is 6.42 Å². The summed E-state index contributed by atoms with van der Waals surface area (Å²) in [6.45, 7) is 14.8. The second kappa shape index (κ2) is 8.31. The molecule has 17 heavy (non-hydrogen) atoms. The summed E-state index contributed by atoms with van der Waals surface area (Å²) in [5.74, 6) is 0. The van der Waals surface area contributed by atoms with Crippen LogP contribution in [-0.4, -0.2) is 14.9 Å². The standard InChI is InChI=1S/C15H33OSi/c1-7-8-9-10-11-12-13-14-16-17(5,6)15(2,3)4/h11H,7-10,12-14H2,1-6H3. The van der Waals surface area contributed by atoms with Gasteiger partial charge in [-0.25, -0.2) is 0 Å². The highest BCUT2D eigenvalue weighted by atomic mass is 28.4. The fourth-order valence-corrected chi connectivity index (χ4v) is 2.54. The molecule has 103 valence electrons. The molecule has 0 aromatic rings. The fraction of sp³-hybridized carbons (Fsp3) is 0.933. The van der Waals surface area contributed by atoms with Gasteiger partial charge in [-0.05, 0) is 37.4 Å². The van der Waals surface area contributed by atoms with Crippen LogP contribution in [0.25, 0.3) is 0 Å². The van der Waals surface area contributed by atoms with Crippen LogP contribution in [0.15, 0.2) is 0 Å². The molecule has 0 heterocycles. The van der Waals surface area contributed by atoms with E-state index in [1.165, 1.54) is 38.5 Å². The molecule has 0 atom stereocenters. The van der Waals surface area contributed by atoms with E-state index >= 15 is 0 Å². The van der Waals surface area contributed by atoms with Crippen LogP contribution in [0.2, 0.25) is 18.1 Å². The van der Waals surface area contributed by atoms with Crippen LogP contribution in [0.1, 0.15) is 66.2 Å². The Morgan fingerprint density at radius 2 is 1.59 bits per heavy atom. The Kier molecular flexibility index (Phi) is 8.40. The lowest BCUT2D eigenvalue weighted by atomic mass is 10.1. The minimum Gasteiger partial charge on any atom is -0.417 e. The van der Waals surface area contributed by atoms with Crippen molar-refractivity contribution in [2.45, 2.75) is 84.4 Å². The molecule has 1 radical (unpaired) electrons. The van der Waals surface area contributed by atoms with Crippen LogP contribution < -0.4 is 0 Å². The Labute approximate surface area is 110 Å². The third-order valence-corrected chi connectivity index (χ3v) is 8.37. The minimum absolute atomic E-state index is 0.345. The highest BCUT2D eigenvalue weighted by Gasteiger charge is 2.36. The van der Waals surface area contributed by atoms with Crippen molar-refractivity contribution in [1.29, 1.82) is 0 Å². The zero-order valence-electron chi connectivity index (χ0n) is 12.9. The van der Waals surface area contributed by atoms with Crippen LogP contribution >= 0.6 is 0 Å². The lowest BCUT2D eigenvalue weighted by Gasteiger charge is -2.36. The van der Waals surface area contributed by atoms with Crippen molar-refractivity contribution in [3.8, 4) is 0 Å². The second-order valence-corrected chi connectivity index (χ2v) is 11.3. The maximum atomic E-state index is 6.14. The molecule has 0 unspecified atom stereocenters. The molecule has 0 aromatic heterocycles. The van der Waals surface area contributed by atoms with Crippen molar-refractivity contribution in [2.75, 3.05) is 6.61 Å². The van der Waals surface area contributed by atoms with E-state index < -0.39 is 8.32 Å². The first-order chi connectivity index (χ1) is 7.81. The van der Waals surface area contributed by atoms with Crippen molar-refractivity contribution in [3.05, 3.63) is 6.42 Å². The van der Waals surface area contributed by atoms with Gasteiger partial charge in [0.25, 0.3) is 0 Å². The largest absolute Gasteiger partial charge is 0.417 e. The average Bonchev–Trinajstić information content (AvgIpc) is 2.20. The van der Waals surface area contributed by atoms with Gasteiger partial charge in [0.2, 0.25) is 0 Å². The average molecular weight is 258 g/mol. The van der Waals surface area contributed by atoms with E-state index in [0.717, 1.165) is 6.61 Å². The van der Waals surface area contributed by atoms with Gasteiger partial charge in [-0.15, -0.1) is 0 Å². The summed E-state index contributed by atoms with van der Waals surface area (Å²) >= 11 is 0. The Morgan fingerprint density at radius 3 is 2.12 bits per heavy atom. The number of rotatable bonds is 9. The van der Waals surface area contributed by atoms with Crippen LogP contribution in [0.4, 0.5) is 0 Å². The Bertz CT molecular complexity index is 182. The number of hydrogen-bond donors (Lipinski definition) is 0. The molecule has 0 fully saturated rings. The Morgan fingerprint density at radius 1 is 1.00 bits per heavy atom. The zero-order valence-corrected chi connectivity index (χ0v) is 13.9. The third kappa shape index (κ3) is 7.99. The molecule has 0 aromatic carbocycles. The van der Waals surface area contributed by atoms with Gasteiger partial charge in [0, 0.05) is 6.61 Å².